The van der Waals surface area contributed by atoms with Crippen molar-refractivity contribution in [1.29, 1.82) is 0 Å². The molecular weight excluding hydrogens is 468 g/mol. The van der Waals surface area contributed by atoms with E-state index in [4.69, 9.17) is 9.47 Å². The summed E-state index contributed by atoms with van der Waals surface area (Å²) in [6.07, 6.45) is 2.51. The molecule has 2 saturated heterocycles. The van der Waals surface area contributed by atoms with Crippen molar-refractivity contribution < 1.29 is 39.5 Å². The van der Waals surface area contributed by atoms with E-state index in [2.05, 4.69) is 24.5 Å². The number of rotatable bonds is 12. The molecule has 2 rings (SSSR count). The van der Waals surface area contributed by atoms with Crippen molar-refractivity contribution in [3.63, 3.8) is 0 Å². The lowest BCUT2D eigenvalue weighted by molar-refractivity contribution is -0.0639. The van der Waals surface area contributed by atoms with Crippen LogP contribution in [-0.4, -0.2) is 82.3 Å². The van der Waals surface area contributed by atoms with Crippen molar-refractivity contribution in [2.24, 2.45) is 10.8 Å². The second-order valence-corrected chi connectivity index (χ2v) is 11.5. The van der Waals surface area contributed by atoms with Gasteiger partial charge in [-0.15, -0.1) is 0 Å². The van der Waals surface area contributed by atoms with E-state index in [1.54, 1.807) is 0 Å². The maximum absolute atomic E-state index is 11.2. The molecule has 10 nitrogen and oxygen atoms in total. The Hall–Kier alpha value is -1.62. The predicted molar refractivity (Wildman–Crippen MR) is 136 cm³/mol. The fraction of sp³-hybridized carbons (Fsp3) is 0.923. The van der Waals surface area contributed by atoms with Gasteiger partial charge in [-0.2, -0.15) is 0 Å². The number of alkyl carbamates (subject to hydrolysis) is 2. The number of carbonyl (C=O) groups is 2. The second kappa shape index (κ2) is 15.0. The Labute approximate surface area is 216 Å². The molecule has 0 saturated carbocycles. The Kier molecular flexibility index (Phi) is 13.5. The first-order chi connectivity index (χ1) is 16.8. The number of hydrogen-bond donors (Lipinski definition) is 6. The summed E-state index contributed by atoms with van der Waals surface area (Å²) in [6, 6.07) is -0.953. The van der Waals surface area contributed by atoms with Crippen LogP contribution >= 0.6 is 0 Å². The molecule has 10 heteroatoms. The minimum absolute atomic E-state index is 0.252. The number of aliphatic hydroxyl groups is 4. The molecule has 212 valence electrons. The van der Waals surface area contributed by atoms with Gasteiger partial charge in [0.25, 0.3) is 0 Å². The number of aliphatic hydroxyl groups excluding tert-OH is 4. The van der Waals surface area contributed by atoms with Crippen LogP contribution in [0, 0.1) is 10.8 Å². The summed E-state index contributed by atoms with van der Waals surface area (Å²) in [6.45, 7) is 12.3. The minimum Gasteiger partial charge on any atom is -0.449 e. The van der Waals surface area contributed by atoms with E-state index in [0.717, 1.165) is 38.5 Å². The molecule has 2 amide bonds. The van der Waals surface area contributed by atoms with Crippen molar-refractivity contribution in [3.8, 4) is 0 Å². The van der Waals surface area contributed by atoms with Crippen molar-refractivity contribution >= 4 is 12.2 Å². The van der Waals surface area contributed by atoms with Gasteiger partial charge in [0.15, 0.2) is 0 Å². The van der Waals surface area contributed by atoms with Gasteiger partial charge < -0.3 is 40.5 Å². The molecule has 0 unspecified atom stereocenters. The lowest BCUT2D eigenvalue weighted by atomic mass is 9.79. The van der Waals surface area contributed by atoms with Gasteiger partial charge in [0.1, 0.15) is 25.4 Å². The highest BCUT2D eigenvalue weighted by molar-refractivity contribution is 5.69. The molecule has 0 radical (unpaired) electrons. The standard InChI is InChI=1S/2C13H25NO4/c2*1-4-5-6-7-9(15)10(16)11-13(2,3)8-18-12(17)14-11/h2*9-11,15-16H,4-8H2,1-3H3,(H,14,17)/t2*9-,10+,11+/m10/s1. The Morgan fingerprint density at radius 3 is 1.36 bits per heavy atom. The maximum Gasteiger partial charge on any atom is 0.407 e. The molecule has 0 aromatic rings. The SMILES string of the molecule is CCCCC[C@@H](O)[C@H](O)[C@@H]1NC(=O)OCC1(C)C.CCCCC[C@H](O)[C@@H](O)[C@H]1NC(=O)OCC1(C)C. The zero-order valence-electron chi connectivity index (χ0n) is 23.0. The van der Waals surface area contributed by atoms with E-state index in [1.165, 1.54) is 0 Å². The fourth-order valence-corrected chi connectivity index (χ4v) is 4.50. The van der Waals surface area contributed by atoms with E-state index >= 15 is 0 Å². The van der Waals surface area contributed by atoms with Gasteiger partial charge in [-0.05, 0) is 12.8 Å². The molecular formula is C26H50N2O8. The quantitative estimate of drug-likeness (QED) is 0.215. The van der Waals surface area contributed by atoms with Crippen LogP contribution in [0.15, 0.2) is 0 Å². The summed E-state index contributed by atoms with van der Waals surface area (Å²) >= 11 is 0. The zero-order valence-corrected chi connectivity index (χ0v) is 23.0. The number of cyclic esters (lactones) is 2. The van der Waals surface area contributed by atoms with Gasteiger partial charge in [-0.3, -0.25) is 0 Å². The van der Waals surface area contributed by atoms with Gasteiger partial charge in [0.2, 0.25) is 0 Å². The summed E-state index contributed by atoms with van der Waals surface area (Å²) in [4.78, 5) is 22.4. The average Bonchev–Trinajstić information content (AvgIpc) is 2.82. The van der Waals surface area contributed by atoms with Crippen molar-refractivity contribution in [2.75, 3.05) is 13.2 Å². The summed E-state index contributed by atoms with van der Waals surface area (Å²) in [7, 11) is 0. The van der Waals surface area contributed by atoms with Gasteiger partial charge in [-0.25, -0.2) is 9.59 Å². The highest BCUT2D eigenvalue weighted by atomic mass is 16.6. The Morgan fingerprint density at radius 2 is 1.06 bits per heavy atom. The van der Waals surface area contributed by atoms with Crippen LogP contribution in [0.3, 0.4) is 0 Å². The predicted octanol–water partition coefficient (Wildman–Crippen LogP) is 2.85. The molecule has 2 aliphatic heterocycles. The Bertz CT molecular complexity index is 616. The lowest BCUT2D eigenvalue weighted by Gasteiger charge is -2.42. The molecule has 2 aliphatic rings. The molecule has 6 N–H and O–H groups in total. The van der Waals surface area contributed by atoms with Crippen molar-refractivity contribution in [2.45, 2.75) is 129 Å². The first-order valence-electron chi connectivity index (χ1n) is 13.4. The zero-order chi connectivity index (χ0) is 27.5. The van der Waals surface area contributed by atoms with Gasteiger partial charge in [0.05, 0.1) is 24.3 Å². The van der Waals surface area contributed by atoms with Crippen molar-refractivity contribution in [3.05, 3.63) is 0 Å². The van der Waals surface area contributed by atoms with Crippen molar-refractivity contribution in [1.82, 2.24) is 10.6 Å². The molecule has 2 fully saturated rings. The van der Waals surface area contributed by atoms with E-state index < -0.39 is 48.7 Å². The largest absolute Gasteiger partial charge is 0.449 e. The van der Waals surface area contributed by atoms with E-state index in [9.17, 15) is 30.0 Å². The van der Waals surface area contributed by atoms with Gasteiger partial charge >= 0.3 is 12.2 Å². The lowest BCUT2D eigenvalue weighted by Crippen LogP contribution is -2.61. The summed E-state index contributed by atoms with van der Waals surface area (Å²) in [5.41, 5.74) is -0.780. The molecule has 6 atom stereocenters. The van der Waals surface area contributed by atoms with Crippen LogP contribution in [0.1, 0.15) is 92.9 Å². The highest BCUT2D eigenvalue weighted by Gasteiger charge is 2.44. The number of ether oxygens (including phenoxy) is 2. The summed E-state index contributed by atoms with van der Waals surface area (Å²) in [5.74, 6) is 0. The summed E-state index contributed by atoms with van der Waals surface area (Å²) in [5, 5.41) is 45.5. The van der Waals surface area contributed by atoms with Gasteiger partial charge in [-0.1, -0.05) is 80.1 Å². The van der Waals surface area contributed by atoms with Crippen LogP contribution in [0.4, 0.5) is 9.59 Å². The van der Waals surface area contributed by atoms with Crippen LogP contribution < -0.4 is 10.6 Å². The maximum atomic E-state index is 11.2. The number of nitrogens with one attached hydrogen (secondary N) is 2. The average molecular weight is 519 g/mol. The third-order valence-electron chi connectivity index (χ3n) is 7.06. The smallest absolute Gasteiger partial charge is 0.407 e. The van der Waals surface area contributed by atoms with Crippen LogP contribution in [0.25, 0.3) is 0 Å². The molecule has 0 spiro atoms. The summed E-state index contributed by atoms with van der Waals surface area (Å²) < 4.78 is 9.82. The number of hydrogen-bond acceptors (Lipinski definition) is 8. The first kappa shape index (κ1) is 32.4. The van der Waals surface area contributed by atoms with Crippen LogP contribution in [-0.2, 0) is 9.47 Å². The number of unbranched alkanes of at least 4 members (excludes halogenated alkanes) is 4. The van der Waals surface area contributed by atoms with Gasteiger partial charge in [0, 0.05) is 10.8 Å². The highest BCUT2D eigenvalue weighted by Crippen LogP contribution is 2.30. The number of amides is 2. The number of carbonyl (C=O) groups excluding carboxylic acids is 2. The van der Waals surface area contributed by atoms with Crippen LogP contribution in [0.5, 0.6) is 0 Å². The van der Waals surface area contributed by atoms with E-state index in [0.29, 0.717) is 12.8 Å². The molecule has 0 aromatic carbocycles. The third kappa shape index (κ3) is 10.0. The second-order valence-electron chi connectivity index (χ2n) is 11.5. The topological polar surface area (TPSA) is 158 Å². The third-order valence-corrected chi connectivity index (χ3v) is 7.06. The molecule has 0 aliphatic carbocycles. The molecule has 0 aromatic heterocycles. The first-order valence-corrected chi connectivity index (χ1v) is 13.4. The minimum atomic E-state index is -0.954. The Balaban J connectivity index is 0.000000360. The monoisotopic (exact) mass is 518 g/mol. The van der Waals surface area contributed by atoms with E-state index in [-0.39, 0.29) is 24.0 Å². The molecule has 2 heterocycles. The Morgan fingerprint density at radius 1 is 0.722 bits per heavy atom. The van der Waals surface area contributed by atoms with Crippen LogP contribution in [0.2, 0.25) is 0 Å². The molecule has 0 bridgehead atoms. The van der Waals surface area contributed by atoms with E-state index in [1.807, 2.05) is 27.7 Å². The fourth-order valence-electron chi connectivity index (χ4n) is 4.50. The normalized spacial score (nSPS) is 26.1. The molecule has 36 heavy (non-hydrogen) atoms.